The second-order valence-electron chi connectivity index (χ2n) is 13.6. The Hall–Kier alpha value is -1.85. The van der Waals surface area contributed by atoms with Crippen molar-refractivity contribution in [3.05, 3.63) is 12.2 Å². The van der Waals surface area contributed by atoms with Gasteiger partial charge in [-0.05, 0) is 38.5 Å². The number of rotatable bonds is 36. The van der Waals surface area contributed by atoms with Gasteiger partial charge in [-0.25, -0.2) is 0 Å². The van der Waals surface area contributed by atoms with Gasteiger partial charge in [0.25, 0.3) is 0 Å². The highest BCUT2D eigenvalue weighted by molar-refractivity contribution is 5.71. The first-order valence-electron chi connectivity index (χ1n) is 20.2. The van der Waals surface area contributed by atoms with Gasteiger partial charge in [-0.15, -0.1) is 0 Å². The molecule has 0 spiro atoms. The van der Waals surface area contributed by atoms with Gasteiger partial charge in [0.15, 0.2) is 6.10 Å². The molecule has 1 atom stereocenters. The summed E-state index contributed by atoms with van der Waals surface area (Å²) >= 11 is 0. The number of carbonyl (C=O) groups is 3. The lowest BCUT2D eigenvalue weighted by atomic mass is 10.1. The number of hydrogen-bond donors (Lipinski definition) is 0. The summed E-state index contributed by atoms with van der Waals surface area (Å²) in [5.41, 5.74) is 0. The molecule has 276 valence electrons. The molecule has 0 radical (unpaired) electrons. The van der Waals surface area contributed by atoms with Crippen LogP contribution < -0.4 is 0 Å². The Morgan fingerprint density at radius 1 is 0.404 bits per heavy atom. The Bertz CT molecular complexity index is 733. The van der Waals surface area contributed by atoms with E-state index < -0.39 is 6.10 Å². The third kappa shape index (κ3) is 35.3. The summed E-state index contributed by atoms with van der Waals surface area (Å²) < 4.78 is 16.6. The largest absolute Gasteiger partial charge is 0.462 e. The molecular weight excluding hydrogens is 588 g/mol. The standard InChI is InChI=1S/C41H76O6/c1-4-7-10-13-16-19-22-25-28-31-34-40(43)46-37-38(36-45-39(42)33-30-27-24-21-18-15-12-9-6-3)47-41(44)35-32-29-26-23-20-17-14-11-8-5-2/h21,24,38H,4-20,22-23,25-37H2,1-3H3/b24-21-. The van der Waals surface area contributed by atoms with E-state index in [2.05, 4.69) is 32.9 Å². The van der Waals surface area contributed by atoms with Gasteiger partial charge >= 0.3 is 17.9 Å². The van der Waals surface area contributed by atoms with Gasteiger partial charge in [0.1, 0.15) is 13.2 Å². The van der Waals surface area contributed by atoms with Gasteiger partial charge in [-0.2, -0.15) is 0 Å². The van der Waals surface area contributed by atoms with Crippen molar-refractivity contribution in [1.29, 1.82) is 0 Å². The van der Waals surface area contributed by atoms with Crippen molar-refractivity contribution in [3.8, 4) is 0 Å². The van der Waals surface area contributed by atoms with Gasteiger partial charge in [0, 0.05) is 19.3 Å². The fraction of sp³-hybridized carbons (Fsp3) is 0.878. The highest BCUT2D eigenvalue weighted by Gasteiger charge is 2.19. The zero-order chi connectivity index (χ0) is 34.5. The maximum Gasteiger partial charge on any atom is 0.306 e. The molecule has 0 bridgehead atoms. The molecule has 0 aromatic carbocycles. The van der Waals surface area contributed by atoms with Gasteiger partial charge in [-0.3, -0.25) is 14.4 Å². The minimum atomic E-state index is -0.769. The summed E-state index contributed by atoms with van der Waals surface area (Å²) in [6.07, 6.45) is 36.3. The number of hydrogen-bond acceptors (Lipinski definition) is 6. The van der Waals surface area contributed by atoms with E-state index in [1.165, 1.54) is 116 Å². The van der Waals surface area contributed by atoms with Crippen LogP contribution in [-0.4, -0.2) is 37.2 Å². The van der Waals surface area contributed by atoms with Gasteiger partial charge in [-0.1, -0.05) is 168 Å². The van der Waals surface area contributed by atoms with Crippen LogP contribution in [0.1, 0.15) is 213 Å². The Labute approximate surface area is 290 Å². The van der Waals surface area contributed by atoms with E-state index >= 15 is 0 Å². The summed E-state index contributed by atoms with van der Waals surface area (Å²) in [6.45, 7) is 6.54. The highest BCUT2D eigenvalue weighted by Crippen LogP contribution is 2.14. The first kappa shape index (κ1) is 45.2. The van der Waals surface area contributed by atoms with E-state index in [0.717, 1.165) is 57.8 Å². The monoisotopic (exact) mass is 665 g/mol. The molecule has 0 aliphatic heterocycles. The zero-order valence-corrected chi connectivity index (χ0v) is 31.3. The van der Waals surface area contributed by atoms with Crippen molar-refractivity contribution >= 4 is 17.9 Å². The van der Waals surface area contributed by atoms with Gasteiger partial charge in [0.05, 0.1) is 0 Å². The third-order valence-electron chi connectivity index (χ3n) is 8.77. The molecule has 0 saturated carbocycles. The molecule has 47 heavy (non-hydrogen) atoms. The van der Waals surface area contributed by atoms with Gasteiger partial charge < -0.3 is 14.2 Å². The molecule has 0 rings (SSSR count). The van der Waals surface area contributed by atoms with Crippen molar-refractivity contribution in [2.24, 2.45) is 0 Å². The second kappa shape index (κ2) is 37.0. The van der Waals surface area contributed by atoms with E-state index in [1.54, 1.807) is 0 Å². The van der Waals surface area contributed by atoms with E-state index in [9.17, 15) is 14.4 Å². The first-order valence-corrected chi connectivity index (χ1v) is 20.2. The minimum absolute atomic E-state index is 0.0750. The molecule has 6 heteroatoms. The van der Waals surface area contributed by atoms with Crippen LogP contribution in [0.4, 0.5) is 0 Å². The lowest BCUT2D eigenvalue weighted by molar-refractivity contribution is -0.167. The van der Waals surface area contributed by atoms with Crippen molar-refractivity contribution in [2.45, 2.75) is 219 Å². The molecule has 0 aliphatic carbocycles. The molecule has 1 unspecified atom stereocenters. The van der Waals surface area contributed by atoms with E-state index in [1.807, 2.05) is 0 Å². The molecular formula is C41H76O6. The smallest absolute Gasteiger partial charge is 0.306 e. The number of esters is 3. The number of ether oxygens (including phenoxy) is 3. The third-order valence-corrected chi connectivity index (χ3v) is 8.77. The van der Waals surface area contributed by atoms with Crippen LogP contribution in [0.15, 0.2) is 12.2 Å². The fourth-order valence-corrected chi connectivity index (χ4v) is 5.68. The Kier molecular flexibility index (Phi) is 35.5. The number of carbonyl (C=O) groups excluding carboxylic acids is 3. The van der Waals surface area contributed by atoms with Crippen LogP contribution >= 0.6 is 0 Å². The number of unbranched alkanes of at least 4 members (excludes halogenated alkanes) is 23. The van der Waals surface area contributed by atoms with Crippen LogP contribution in [0, 0.1) is 0 Å². The lowest BCUT2D eigenvalue weighted by Crippen LogP contribution is -2.30. The van der Waals surface area contributed by atoms with E-state index in [0.29, 0.717) is 19.3 Å². The summed E-state index contributed by atoms with van der Waals surface area (Å²) in [4.78, 5) is 37.4. The zero-order valence-electron chi connectivity index (χ0n) is 31.3. The van der Waals surface area contributed by atoms with Crippen LogP contribution in [0.3, 0.4) is 0 Å². The molecule has 0 N–H and O–H groups in total. The first-order chi connectivity index (χ1) is 23.0. The van der Waals surface area contributed by atoms with Crippen molar-refractivity contribution < 1.29 is 28.6 Å². The Morgan fingerprint density at radius 3 is 1.15 bits per heavy atom. The quantitative estimate of drug-likeness (QED) is 0.0287. The Morgan fingerprint density at radius 2 is 0.723 bits per heavy atom. The maximum absolute atomic E-state index is 12.6. The van der Waals surface area contributed by atoms with Crippen molar-refractivity contribution in [1.82, 2.24) is 0 Å². The lowest BCUT2D eigenvalue weighted by Gasteiger charge is -2.18. The molecule has 0 aromatic heterocycles. The molecule has 0 saturated heterocycles. The van der Waals surface area contributed by atoms with Crippen LogP contribution in [0.25, 0.3) is 0 Å². The fourth-order valence-electron chi connectivity index (χ4n) is 5.68. The molecule has 0 amide bonds. The maximum atomic E-state index is 12.6. The molecule has 6 nitrogen and oxygen atoms in total. The van der Waals surface area contributed by atoms with Crippen molar-refractivity contribution in [3.63, 3.8) is 0 Å². The van der Waals surface area contributed by atoms with Gasteiger partial charge in [0.2, 0.25) is 0 Å². The SMILES string of the molecule is CCCCCC/C=C\CCCC(=O)OCC(COC(=O)CCCCCCCCCCCC)OC(=O)CCCCCCCCCCCC. The van der Waals surface area contributed by atoms with Crippen LogP contribution in [0.2, 0.25) is 0 Å². The van der Waals surface area contributed by atoms with E-state index in [4.69, 9.17) is 14.2 Å². The van der Waals surface area contributed by atoms with Crippen LogP contribution in [0.5, 0.6) is 0 Å². The highest BCUT2D eigenvalue weighted by atomic mass is 16.6. The average molecular weight is 665 g/mol. The molecule has 0 heterocycles. The van der Waals surface area contributed by atoms with Crippen molar-refractivity contribution in [2.75, 3.05) is 13.2 Å². The topological polar surface area (TPSA) is 78.9 Å². The number of allylic oxidation sites excluding steroid dienone is 2. The normalized spacial score (nSPS) is 12.0. The molecule has 0 aliphatic rings. The predicted octanol–water partition coefficient (Wildman–Crippen LogP) is 12.3. The average Bonchev–Trinajstić information content (AvgIpc) is 3.06. The van der Waals surface area contributed by atoms with Crippen LogP contribution in [-0.2, 0) is 28.6 Å². The summed E-state index contributed by atoms with van der Waals surface area (Å²) in [7, 11) is 0. The van der Waals surface area contributed by atoms with E-state index in [-0.39, 0.29) is 31.1 Å². The summed E-state index contributed by atoms with van der Waals surface area (Å²) in [5.74, 6) is -0.915. The Balaban J connectivity index is 4.38. The molecule has 0 aromatic rings. The second-order valence-corrected chi connectivity index (χ2v) is 13.6. The summed E-state index contributed by atoms with van der Waals surface area (Å²) in [6, 6.07) is 0. The summed E-state index contributed by atoms with van der Waals surface area (Å²) in [5, 5.41) is 0. The predicted molar refractivity (Wildman–Crippen MR) is 196 cm³/mol. The minimum Gasteiger partial charge on any atom is -0.462 e. The molecule has 0 fully saturated rings.